The van der Waals surface area contributed by atoms with Crippen LogP contribution >= 0.6 is 0 Å². The number of benzene rings is 1. The summed E-state index contributed by atoms with van der Waals surface area (Å²) in [6.07, 6.45) is 3.49. The van der Waals surface area contributed by atoms with Crippen molar-refractivity contribution in [2.75, 3.05) is 5.75 Å². The molecule has 3 heteroatoms. The van der Waals surface area contributed by atoms with E-state index < -0.39 is 15.1 Å². The van der Waals surface area contributed by atoms with Crippen molar-refractivity contribution in [1.82, 2.24) is 0 Å². The number of sulfone groups is 1. The Labute approximate surface area is 97.2 Å². The summed E-state index contributed by atoms with van der Waals surface area (Å²) in [6.45, 7) is 7.09. The predicted octanol–water partition coefficient (Wildman–Crippen LogP) is 2.90. The second-order valence-corrected chi connectivity index (χ2v) is 5.77. The Bertz CT molecular complexity index is 446. The monoisotopic (exact) mass is 236 g/mol. The van der Waals surface area contributed by atoms with Gasteiger partial charge in [-0.05, 0) is 12.0 Å². The van der Waals surface area contributed by atoms with E-state index in [-0.39, 0.29) is 5.75 Å². The van der Waals surface area contributed by atoms with Gasteiger partial charge < -0.3 is 0 Å². The zero-order valence-electron chi connectivity index (χ0n) is 9.17. The summed E-state index contributed by atoms with van der Waals surface area (Å²) in [7, 11) is -3.18. The van der Waals surface area contributed by atoms with Crippen molar-refractivity contribution in [2.45, 2.75) is 11.7 Å². The number of allylic oxidation sites excluding steroid dienone is 1. The molecule has 0 heterocycles. The van der Waals surface area contributed by atoms with Crippen LogP contribution in [0.15, 0.2) is 55.6 Å². The van der Waals surface area contributed by atoms with Crippen LogP contribution in [0.2, 0.25) is 0 Å². The van der Waals surface area contributed by atoms with Gasteiger partial charge in [0.15, 0.2) is 9.84 Å². The molecule has 0 aliphatic rings. The molecule has 16 heavy (non-hydrogen) atoms. The molecule has 1 unspecified atom stereocenters. The van der Waals surface area contributed by atoms with Gasteiger partial charge in [0, 0.05) is 0 Å². The Balaban J connectivity index is 3.09. The summed E-state index contributed by atoms with van der Waals surface area (Å²) in [6, 6.07) is 9.21. The Morgan fingerprint density at radius 3 is 2.25 bits per heavy atom. The molecule has 0 radical (unpaired) electrons. The van der Waals surface area contributed by atoms with Gasteiger partial charge in [-0.15, -0.1) is 13.2 Å². The van der Waals surface area contributed by atoms with Crippen molar-refractivity contribution >= 4 is 9.84 Å². The average molecular weight is 236 g/mol. The summed E-state index contributed by atoms with van der Waals surface area (Å²) < 4.78 is 24.0. The molecule has 1 rings (SSSR count). The Morgan fingerprint density at radius 1 is 1.12 bits per heavy atom. The van der Waals surface area contributed by atoms with Gasteiger partial charge >= 0.3 is 0 Å². The van der Waals surface area contributed by atoms with Crippen LogP contribution in [0.1, 0.15) is 17.2 Å². The maximum Gasteiger partial charge on any atom is 0.161 e. The van der Waals surface area contributed by atoms with E-state index in [1.165, 1.54) is 6.08 Å². The molecular formula is C13H16O2S. The van der Waals surface area contributed by atoms with Gasteiger partial charge in [0.2, 0.25) is 0 Å². The van der Waals surface area contributed by atoms with Crippen molar-refractivity contribution < 1.29 is 8.42 Å². The van der Waals surface area contributed by atoms with Crippen LogP contribution in [0.5, 0.6) is 0 Å². The van der Waals surface area contributed by atoms with E-state index in [0.29, 0.717) is 6.42 Å². The van der Waals surface area contributed by atoms with Gasteiger partial charge in [0.1, 0.15) is 0 Å². The third kappa shape index (κ3) is 3.07. The molecule has 2 nitrogen and oxygen atoms in total. The molecule has 0 fully saturated rings. The lowest BCUT2D eigenvalue weighted by Gasteiger charge is -2.15. The molecule has 0 bridgehead atoms. The van der Waals surface area contributed by atoms with E-state index in [2.05, 4.69) is 13.2 Å². The second-order valence-electron chi connectivity index (χ2n) is 3.54. The van der Waals surface area contributed by atoms with Crippen LogP contribution < -0.4 is 0 Å². The van der Waals surface area contributed by atoms with Crippen molar-refractivity contribution in [2.24, 2.45) is 0 Å². The van der Waals surface area contributed by atoms with E-state index in [9.17, 15) is 8.42 Å². The van der Waals surface area contributed by atoms with Crippen LogP contribution in [0.4, 0.5) is 0 Å². The first-order valence-electron chi connectivity index (χ1n) is 5.10. The summed E-state index contributed by atoms with van der Waals surface area (Å²) in [5, 5.41) is -0.510. The Hall–Kier alpha value is -1.35. The zero-order chi connectivity index (χ0) is 12.0. The molecule has 0 aromatic heterocycles. The zero-order valence-corrected chi connectivity index (χ0v) is 9.99. The van der Waals surface area contributed by atoms with E-state index in [1.807, 2.05) is 30.3 Å². The Morgan fingerprint density at radius 2 is 1.75 bits per heavy atom. The highest BCUT2D eigenvalue weighted by Crippen LogP contribution is 2.26. The van der Waals surface area contributed by atoms with Crippen molar-refractivity contribution in [3.8, 4) is 0 Å². The lowest BCUT2D eigenvalue weighted by Crippen LogP contribution is -2.15. The number of hydrogen-bond acceptors (Lipinski definition) is 2. The highest BCUT2D eigenvalue weighted by atomic mass is 32.2. The molecule has 0 aliphatic heterocycles. The van der Waals surface area contributed by atoms with Gasteiger partial charge in [-0.3, -0.25) is 0 Å². The molecule has 0 N–H and O–H groups in total. The molecule has 1 atom stereocenters. The normalized spacial score (nSPS) is 13.0. The molecule has 0 spiro atoms. The van der Waals surface area contributed by atoms with Crippen LogP contribution in [-0.4, -0.2) is 14.2 Å². The van der Waals surface area contributed by atoms with Crippen LogP contribution in [-0.2, 0) is 9.84 Å². The predicted molar refractivity (Wildman–Crippen MR) is 68.0 cm³/mol. The van der Waals surface area contributed by atoms with Gasteiger partial charge in [0.25, 0.3) is 0 Å². The van der Waals surface area contributed by atoms with Gasteiger partial charge in [-0.1, -0.05) is 42.5 Å². The fourth-order valence-corrected chi connectivity index (χ4v) is 3.15. The van der Waals surface area contributed by atoms with Gasteiger partial charge in [-0.25, -0.2) is 8.42 Å². The minimum absolute atomic E-state index is 0.000398. The summed E-state index contributed by atoms with van der Waals surface area (Å²) >= 11 is 0. The first-order valence-corrected chi connectivity index (χ1v) is 6.81. The SMILES string of the molecule is C=CCC(c1ccccc1)S(=O)(=O)CC=C. The maximum absolute atomic E-state index is 12.0. The molecule has 0 aliphatic carbocycles. The molecule has 1 aromatic carbocycles. The molecular weight excluding hydrogens is 220 g/mol. The van der Waals surface area contributed by atoms with Crippen LogP contribution in [0.25, 0.3) is 0 Å². The first-order chi connectivity index (χ1) is 7.61. The molecule has 0 amide bonds. The quantitative estimate of drug-likeness (QED) is 0.712. The fourth-order valence-electron chi connectivity index (χ4n) is 1.59. The largest absolute Gasteiger partial charge is 0.228 e. The van der Waals surface area contributed by atoms with E-state index >= 15 is 0 Å². The van der Waals surface area contributed by atoms with E-state index in [0.717, 1.165) is 5.56 Å². The fraction of sp³-hybridized carbons (Fsp3) is 0.231. The standard InChI is InChI=1S/C13H16O2S/c1-3-8-13(16(14,15)11-4-2)12-9-6-5-7-10-12/h3-7,9-10,13H,1-2,8,11H2. The number of hydrogen-bond donors (Lipinski definition) is 0. The van der Waals surface area contributed by atoms with Crippen molar-refractivity contribution in [3.63, 3.8) is 0 Å². The topological polar surface area (TPSA) is 34.1 Å². The smallest absolute Gasteiger partial charge is 0.161 e. The van der Waals surface area contributed by atoms with Crippen LogP contribution in [0.3, 0.4) is 0 Å². The molecule has 0 saturated carbocycles. The number of rotatable bonds is 6. The lowest BCUT2D eigenvalue weighted by molar-refractivity contribution is 0.585. The average Bonchev–Trinajstić information content (AvgIpc) is 2.27. The second kappa shape index (κ2) is 5.66. The lowest BCUT2D eigenvalue weighted by atomic mass is 10.1. The highest BCUT2D eigenvalue weighted by Gasteiger charge is 2.24. The van der Waals surface area contributed by atoms with E-state index in [1.54, 1.807) is 6.08 Å². The third-order valence-corrected chi connectivity index (χ3v) is 4.37. The third-order valence-electron chi connectivity index (χ3n) is 2.34. The van der Waals surface area contributed by atoms with Crippen molar-refractivity contribution in [3.05, 3.63) is 61.2 Å². The highest BCUT2D eigenvalue weighted by molar-refractivity contribution is 7.91. The summed E-state index contributed by atoms with van der Waals surface area (Å²) in [4.78, 5) is 0. The van der Waals surface area contributed by atoms with Crippen LogP contribution in [0, 0.1) is 0 Å². The minimum atomic E-state index is -3.18. The van der Waals surface area contributed by atoms with Crippen molar-refractivity contribution in [1.29, 1.82) is 0 Å². The Kier molecular flexibility index (Phi) is 4.50. The first kappa shape index (κ1) is 12.7. The maximum atomic E-state index is 12.0. The summed E-state index contributed by atoms with van der Waals surface area (Å²) in [5.74, 6) is 0.000398. The van der Waals surface area contributed by atoms with E-state index in [4.69, 9.17) is 0 Å². The summed E-state index contributed by atoms with van der Waals surface area (Å²) in [5.41, 5.74) is 0.809. The minimum Gasteiger partial charge on any atom is -0.228 e. The van der Waals surface area contributed by atoms with Gasteiger partial charge in [0.05, 0.1) is 11.0 Å². The van der Waals surface area contributed by atoms with Gasteiger partial charge in [-0.2, -0.15) is 0 Å². The molecule has 86 valence electrons. The molecule has 0 saturated heterocycles. The molecule has 1 aromatic rings.